The van der Waals surface area contributed by atoms with Gasteiger partial charge in [0.2, 0.25) is 0 Å². The van der Waals surface area contributed by atoms with Gasteiger partial charge in [0.15, 0.2) is 5.78 Å². The first kappa shape index (κ1) is 19.0. The highest BCUT2D eigenvalue weighted by molar-refractivity contribution is 5.94. The van der Waals surface area contributed by atoms with Gasteiger partial charge in [0.25, 0.3) is 0 Å². The van der Waals surface area contributed by atoms with Crippen LogP contribution in [0.3, 0.4) is 0 Å². The van der Waals surface area contributed by atoms with Gasteiger partial charge in [0, 0.05) is 18.3 Å². The fourth-order valence-electron chi connectivity index (χ4n) is 3.09. The smallest absolute Gasteiger partial charge is 0.181 e. The summed E-state index contributed by atoms with van der Waals surface area (Å²) in [7, 11) is 0. The Kier molecular flexibility index (Phi) is 6.16. The van der Waals surface area contributed by atoms with E-state index in [9.17, 15) is 4.79 Å². The number of carbonyl (C=O) groups excluding carboxylic acids is 1. The van der Waals surface area contributed by atoms with Crippen LogP contribution < -0.4 is 0 Å². The lowest BCUT2D eigenvalue weighted by Crippen LogP contribution is -2.23. The zero-order chi connectivity index (χ0) is 19.2. The Morgan fingerprint density at radius 3 is 2.56 bits per heavy atom. The van der Waals surface area contributed by atoms with Crippen molar-refractivity contribution < 1.29 is 9.90 Å². The molecule has 0 aliphatic carbocycles. The number of aliphatic hydroxyl groups excluding tert-OH is 1. The maximum atomic E-state index is 11.4. The maximum Gasteiger partial charge on any atom is 0.181 e. The Bertz CT molecular complexity index is 941. The van der Waals surface area contributed by atoms with Crippen molar-refractivity contribution in [1.82, 2.24) is 14.3 Å². The SMILES string of the molecule is CCN(CC)Cc1c(-c2ccccc2)nc2ccc(/C=C/C(=O)CO)cn12. The van der Waals surface area contributed by atoms with E-state index in [4.69, 9.17) is 10.1 Å². The second-order valence-electron chi connectivity index (χ2n) is 6.38. The molecule has 140 valence electrons. The number of carbonyl (C=O) groups is 1. The summed E-state index contributed by atoms with van der Waals surface area (Å²) in [6, 6.07) is 14.1. The lowest BCUT2D eigenvalue weighted by atomic mass is 10.1. The number of pyridine rings is 1. The molecule has 0 saturated carbocycles. The number of hydrogen-bond donors (Lipinski definition) is 1. The molecule has 1 N–H and O–H groups in total. The molecule has 0 saturated heterocycles. The third kappa shape index (κ3) is 4.32. The molecule has 0 bridgehead atoms. The molecule has 0 fully saturated rings. The number of nitrogens with zero attached hydrogens (tertiary/aromatic N) is 3. The van der Waals surface area contributed by atoms with Gasteiger partial charge in [-0.15, -0.1) is 0 Å². The molecular weight excluding hydrogens is 338 g/mol. The van der Waals surface area contributed by atoms with Gasteiger partial charge in [-0.2, -0.15) is 0 Å². The van der Waals surface area contributed by atoms with Gasteiger partial charge in [-0.05, 0) is 42.9 Å². The van der Waals surface area contributed by atoms with Crippen LogP contribution in [0.5, 0.6) is 0 Å². The van der Waals surface area contributed by atoms with Crippen molar-refractivity contribution in [2.24, 2.45) is 0 Å². The minimum absolute atomic E-state index is 0.311. The summed E-state index contributed by atoms with van der Waals surface area (Å²) in [6.45, 7) is 6.55. The molecule has 0 spiro atoms. The minimum Gasteiger partial charge on any atom is -0.388 e. The van der Waals surface area contributed by atoms with E-state index in [0.717, 1.165) is 47.8 Å². The molecular formula is C22H25N3O2. The Balaban J connectivity index is 2.11. The van der Waals surface area contributed by atoms with Crippen molar-refractivity contribution in [1.29, 1.82) is 0 Å². The van der Waals surface area contributed by atoms with E-state index in [0.29, 0.717) is 0 Å². The molecule has 0 unspecified atom stereocenters. The highest BCUT2D eigenvalue weighted by atomic mass is 16.3. The van der Waals surface area contributed by atoms with Crippen molar-refractivity contribution >= 4 is 17.5 Å². The summed E-state index contributed by atoms with van der Waals surface area (Å²) >= 11 is 0. The quantitative estimate of drug-likeness (QED) is 0.623. The van der Waals surface area contributed by atoms with E-state index in [1.54, 1.807) is 6.08 Å². The van der Waals surface area contributed by atoms with E-state index >= 15 is 0 Å². The fourth-order valence-corrected chi connectivity index (χ4v) is 3.09. The monoisotopic (exact) mass is 363 g/mol. The number of fused-ring (bicyclic) bond motifs is 1. The summed E-state index contributed by atoms with van der Waals surface area (Å²) in [4.78, 5) is 18.6. The van der Waals surface area contributed by atoms with Crippen LogP contribution in [0.4, 0.5) is 0 Å². The van der Waals surface area contributed by atoms with Gasteiger partial charge in [0.1, 0.15) is 12.3 Å². The van der Waals surface area contributed by atoms with Crippen molar-refractivity contribution in [3.05, 3.63) is 66.0 Å². The van der Waals surface area contributed by atoms with Gasteiger partial charge in [-0.3, -0.25) is 9.69 Å². The Morgan fingerprint density at radius 2 is 1.89 bits per heavy atom. The molecule has 3 aromatic rings. The van der Waals surface area contributed by atoms with Gasteiger partial charge < -0.3 is 9.51 Å². The van der Waals surface area contributed by atoms with Crippen LogP contribution in [-0.2, 0) is 11.3 Å². The number of rotatable bonds is 8. The second-order valence-corrected chi connectivity index (χ2v) is 6.38. The van der Waals surface area contributed by atoms with Crippen LogP contribution in [-0.4, -0.2) is 44.9 Å². The number of benzene rings is 1. The standard InChI is InChI=1S/C22H25N3O2/c1-3-24(4-2)15-20-22(18-8-6-5-7-9-18)23-21-13-11-17(14-25(20)21)10-12-19(27)16-26/h5-14,26H,3-4,15-16H2,1-2H3/b12-10+. The highest BCUT2D eigenvalue weighted by Crippen LogP contribution is 2.26. The normalized spacial score (nSPS) is 11.7. The number of aliphatic hydroxyl groups is 1. The molecule has 27 heavy (non-hydrogen) atoms. The largest absolute Gasteiger partial charge is 0.388 e. The summed E-state index contributed by atoms with van der Waals surface area (Å²) in [5.74, 6) is -0.311. The maximum absolute atomic E-state index is 11.4. The lowest BCUT2D eigenvalue weighted by Gasteiger charge is -2.18. The van der Waals surface area contributed by atoms with Crippen molar-refractivity contribution in [2.45, 2.75) is 20.4 Å². The second kappa shape index (κ2) is 8.75. The van der Waals surface area contributed by atoms with E-state index in [-0.39, 0.29) is 5.78 Å². The van der Waals surface area contributed by atoms with Crippen molar-refractivity contribution in [2.75, 3.05) is 19.7 Å². The predicted molar refractivity (Wildman–Crippen MR) is 108 cm³/mol. The van der Waals surface area contributed by atoms with Gasteiger partial charge >= 0.3 is 0 Å². The summed E-state index contributed by atoms with van der Waals surface area (Å²) in [5.41, 5.74) is 4.97. The molecule has 0 radical (unpaired) electrons. The first-order valence-corrected chi connectivity index (χ1v) is 9.26. The third-order valence-electron chi connectivity index (χ3n) is 4.67. The highest BCUT2D eigenvalue weighted by Gasteiger charge is 2.16. The zero-order valence-electron chi connectivity index (χ0n) is 15.8. The van der Waals surface area contributed by atoms with Gasteiger partial charge in [-0.1, -0.05) is 44.2 Å². The lowest BCUT2D eigenvalue weighted by molar-refractivity contribution is -0.117. The molecule has 5 nitrogen and oxygen atoms in total. The molecule has 0 aliphatic heterocycles. The molecule has 0 amide bonds. The Morgan fingerprint density at radius 1 is 1.15 bits per heavy atom. The van der Waals surface area contributed by atoms with E-state index in [1.807, 2.05) is 36.5 Å². The van der Waals surface area contributed by atoms with Crippen LogP contribution in [0, 0.1) is 0 Å². The Hall–Kier alpha value is -2.76. The van der Waals surface area contributed by atoms with Gasteiger partial charge in [-0.25, -0.2) is 4.98 Å². The molecule has 2 aromatic heterocycles. The molecule has 2 heterocycles. The molecule has 3 rings (SSSR count). The van der Waals surface area contributed by atoms with E-state index < -0.39 is 6.61 Å². The molecule has 0 aliphatic rings. The first-order valence-electron chi connectivity index (χ1n) is 9.26. The number of hydrogen-bond acceptors (Lipinski definition) is 4. The average Bonchev–Trinajstić information content (AvgIpc) is 3.08. The molecule has 1 aromatic carbocycles. The topological polar surface area (TPSA) is 57.8 Å². The van der Waals surface area contributed by atoms with Crippen LogP contribution >= 0.6 is 0 Å². The van der Waals surface area contributed by atoms with Crippen molar-refractivity contribution in [3.63, 3.8) is 0 Å². The minimum atomic E-state index is -0.477. The predicted octanol–water partition coefficient (Wildman–Crippen LogP) is 3.42. The Labute approximate surface area is 159 Å². The van der Waals surface area contributed by atoms with E-state index in [2.05, 4.69) is 35.3 Å². The zero-order valence-corrected chi connectivity index (χ0v) is 15.8. The van der Waals surface area contributed by atoms with Crippen LogP contribution in [0.15, 0.2) is 54.7 Å². The van der Waals surface area contributed by atoms with Crippen LogP contribution in [0.25, 0.3) is 23.0 Å². The third-order valence-corrected chi connectivity index (χ3v) is 4.67. The van der Waals surface area contributed by atoms with Crippen LogP contribution in [0.2, 0.25) is 0 Å². The average molecular weight is 363 g/mol. The number of imidazole rings is 1. The first-order chi connectivity index (χ1) is 13.2. The molecule has 0 atom stereocenters. The number of ketones is 1. The summed E-state index contributed by atoms with van der Waals surface area (Å²) in [5, 5.41) is 8.89. The molecule has 5 heteroatoms. The van der Waals surface area contributed by atoms with Crippen molar-refractivity contribution in [3.8, 4) is 11.3 Å². The number of aromatic nitrogens is 2. The van der Waals surface area contributed by atoms with Gasteiger partial charge in [0.05, 0.1) is 11.4 Å². The summed E-state index contributed by atoms with van der Waals surface area (Å²) in [6.07, 6.45) is 5.12. The summed E-state index contributed by atoms with van der Waals surface area (Å²) < 4.78 is 2.10. The van der Waals surface area contributed by atoms with E-state index in [1.165, 1.54) is 6.08 Å². The van der Waals surface area contributed by atoms with Crippen LogP contribution in [0.1, 0.15) is 25.1 Å². The fraction of sp³-hybridized carbons (Fsp3) is 0.273.